The standard InChI is InChI=1S/C15H24BrN5/c1-19(2)5-6-20-7-9-21(10-8-20)12-3-4-13(15(17)18)14(16)11-12/h3-4,11H,5-10H2,1-2H3,(H3,17,18). The van der Waals surface area contributed by atoms with Crippen LogP contribution in [0.1, 0.15) is 5.56 Å². The zero-order chi connectivity index (χ0) is 15.4. The first-order chi connectivity index (χ1) is 9.97. The summed E-state index contributed by atoms with van der Waals surface area (Å²) < 4.78 is 0.891. The first kappa shape index (κ1) is 16.3. The average molecular weight is 354 g/mol. The molecule has 3 N–H and O–H groups in total. The Kier molecular flexibility index (Phi) is 5.61. The first-order valence-corrected chi connectivity index (χ1v) is 8.02. The predicted molar refractivity (Wildman–Crippen MR) is 92.4 cm³/mol. The van der Waals surface area contributed by atoms with Crippen LogP contribution >= 0.6 is 15.9 Å². The van der Waals surface area contributed by atoms with Crippen molar-refractivity contribution >= 4 is 27.5 Å². The Bertz CT molecular complexity index is 495. The second-order valence-electron chi connectivity index (χ2n) is 5.71. The van der Waals surface area contributed by atoms with E-state index in [1.807, 2.05) is 6.07 Å². The number of nitrogens with one attached hydrogen (secondary N) is 1. The molecule has 0 aromatic heterocycles. The van der Waals surface area contributed by atoms with Crippen LogP contribution in [-0.4, -0.2) is 69.0 Å². The van der Waals surface area contributed by atoms with E-state index in [1.54, 1.807) is 0 Å². The van der Waals surface area contributed by atoms with E-state index >= 15 is 0 Å². The largest absolute Gasteiger partial charge is 0.384 e. The molecule has 0 amide bonds. The molecule has 1 aliphatic rings. The Morgan fingerprint density at radius 2 is 1.95 bits per heavy atom. The molecule has 21 heavy (non-hydrogen) atoms. The fourth-order valence-corrected chi connectivity index (χ4v) is 3.07. The topological polar surface area (TPSA) is 59.6 Å². The number of hydrogen-bond donors (Lipinski definition) is 2. The smallest absolute Gasteiger partial charge is 0.123 e. The van der Waals surface area contributed by atoms with Crippen molar-refractivity contribution < 1.29 is 0 Å². The lowest BCUT2D eigenvalue weighted by Crippen LogP contribution is -2.48. The third-order valence-electron chi connectivity index (χ3n) is 3.84. The molecule has 1 aromatic rings. The van der Waals surface area contributed by atoms with Gasteiger partial charge < -0.3 is 15.5 Å². The number of hydrogen-bond acceptors (Lipinski definition) is 4. The SMILES string of the molecule is CN(C)CCN1CCN(c2ccc(C(=N)N)c(Br)c2)CC1. The van der Waals surface area contributed by atoms with Crippen molar-refractivity contribution in [1.29, 1.82) is 5.41 Å². The maximum absolute atomic E-state index is 7.52. The van der Waals surface area contributed by atoms with Gasteiger partial charge in [-0.3, -0.25) is 10.3 Å². The quantitative estimate of drug-likeness (QED) is 0.620. The van der Waals surface area contributed by atoms with Gasteiger partial charge in [-0.15, -0.1) is 0 Å². The maximum atomic E-state index is 7.52. The number of likely N-dealkylation sites (N-methyl/N-ethyl adjacent to an activating group) is 1. The second-order valence-corrected chi connectivity index (χ2v) is 6.56. The number of nitrogens with two attached hydrogens (primary N) is 1. The molecule has 5 nitrogen and oxygen atoms in total. The number of benzene rings is 1. The summed E-state index contributed by atoms with van der Waals surface area (Å²) in [6.07, 6.45) is 0. The van der Waals surface area contributed by atoms with Crippen LogP contribution in [0.5, 0.6) is 0 Å². The van der Waals surface area contributed by atoms with Gasteiger partial charge in [-0.05, 0) is 48.2 Å². The molecular weight excluding hydrogens is 330 g/mol. The zero-order valence-electron chi connectivity index (χ0n) is 12.8. The van der Waals surface area contributed by atoms with Gasteiger partial charge >= 0.3 is 0 Å². The number of nitrogens with zero attached hydrogens (tertiary/aromatic N) is 3. The van der Waals surface area contributed by atoms with E-state index in [4.69, 9.17) is 11.1 Å². The van der Waals surface area contributed by atoms with Gasteiger partial charge in [-0.2, -0.15) is 0 Å². The van der Waals surface area contributed by atoms with E-state index < -0.39 is 0 Å². The molecule has 1 heterocycles. The fraction of sp³-hybridized carbons (Fsp3) is 0.533. The molecular formula is C15H24BrN5. The van der Waals surface area contributed by atoms with Crippen LogP contribution in [0.15, 0.2) is 22.7 Å². The molecule has 0 spiro atoms. The maximum Gasteiger partial charge on any atom is 0.123 e. The molecule has 0 radical (unpaired) electrons. The summed E-state index contributed by atoms with van der Waals surface area (Å²) in [6, 6.07) is 6.03. The van der Waals surface area contributed by atoms with Crippen LogP contribution in [0.3, 0.4) is 0 Å². The van der Waals surface area contributed by atoms with Gasteiger partial charge in [0.25, 0.3) is 0 Å². The molecule has 0 saturated carbocycles. The number of rotatable bonds is 5. The average Bonchev–Trinajstić information content (AvgIpc) is 2.45. The minimum atomic E-state index is 0.0990. The van der Waals surface area contributed by atoms with E-state index in [2.05, 4.69) is 56.9 Å². The molecule has 0 atom stereocenters. The van der Waals surface area contributed by atoms with Gasteiger partial charge in [-0.25, -0.2) is 0 Å². The summed E-state index contributed by atoms with van der Waals surface area (Å²) in [5.74, 6) is 0.0990. The van der Waals surface area contributed by atoms with E-state index in [9.17, 15) is 0 Å². The molecule has 0 aliphatic carbocycles. The lowest BCUT2D eigenvalue weighted by molar-refractivity contribution is 0.229. The molecule has 1 fully saturated rings. The van der Waals surface area contributed by atoms with Gasteiger partial charge in [0.15, 0.2) is 0 Å². The van der Waals surface area contributed by atoms with Crippen molar-refractivity contribution in [2.45, 2.75) is 0 Å². The fourth-order valence-electron chi connectivity index (χ4n) is 2.49. The van der Waals surface area contributed by atoms with E-state index in [0.717, 1.165) is 49.3 Å². The molecule has 2 rings (SSSR count). The Morgan fingerprint density at radius 1 is 1.29 bits per heavy atom. The van der Waals surface area contributed by atoms with Gasteiger partial charge in [0.05, 0.1) is 0 Å². The van der Waals surface area contributed by atoms with Crippen molar-refractivity contribution in [3.63, 3.8) is 0 Å². The monoisotopic (exact) mass is 353 g/mol. The van der Waals surface area contributed by atoms with Crippen molar-refractivity contribution in [1.82, 2.24) is 9.80 Å². The molecule has 0 unspecified atom stereocenters. The van der Waals surface area contributed by atoms with Gasteiger partial charge in [-0.1, -0.05) is 0 Å². The second kappa shape index (κ2) is 7.24. The number of halogens is 1. The normalized spacial score (nSPS) is 16.5. The Hall–Kier alpha value is -1.11. The van der Waals surface area contributed by atoms with E-state index in [0.29, 0.717) is 0 Å². The van der Waals surface area contributed by atoms with Crippen molar-refractivity contribution in [3.05, 3.63) is 28.2 Å². The number of piperazine rings is 1. The zero-order valence-corrected chi connectivity index (χ0v) is 14.4. The summed E-state index contributed by atoms with van der Waals surface area (Å²) in [5, 5.41) is 7.52. The van der Waals surface area contributed by atoms with Crippen LogP contribution in [-0.2, 0) is 0 Å². The number of amidine groups is 1. The highest BCUT2D eigenvalue weighted by atomic mass is 79.9. The third kappa shape index (κ3) is 4.43. The lowest BCUT2D eigenvalue weighted by Gasteiger charge is -2.36. The van der Waals surface area contributed by atoms with Crippen molar-refractivity contribution in [2.24, 2.45) is 5.73 Å². The number of anilines is 1. The molecule has 0 bridgehead atoms. The minimum Gasteiger partial charge on any atom is -0.384 e. The van der Waals surface area contributed by atoms with E-state index in [1.165, 1.54) is 5.69 Å². The molecule has 1 aliphatic heterocycles. The van der Waals surface area contributed by atoms with Gasteiger partial charge in [0.2, 0.25) is 0 Å². The summed E-state index contributed by atoms with van der Waals surface area (Å²) in [5.41, 5.74) is 7.49. The van der Waals surface area contributed by atoms with E-state index in [-0.39, 0.29) is 5.84 Å². The Balaban J connectivity index is 1.93. The highest BCUT2D eigenvalue weighted by Crippen LogP contribution is 2.24. The van der Waals surface area contributed by atoms with Crippen LogP contribution in [0.2, 0.25) is 0 Å². The molecule has 116 valence electrons. The van der Waals surface area contributed by atoms with Crippen LogP contribution in [0.4, 0.5) is 5.69 Å². The van der Waals surface area contributed by atoms with Gasteiger partial charge in [0, 0.05) is 55.0 Å². The van der Waals surface area contributed by atoms with Crippen LogP contribution in [0.25, 0.3) is 0 Å². The Labute approximate surface area is 135 Å². The molecule has 1 aromatic carbocycles. The summed E-state index contributed by atoms with van der Waals surface area (Å²) in [6.45, 7) is 6.52. The molecule has 6 heteroatoms. The van der Waals surface area contributed by atoms with Crippen LogP contribution < -0.4 is 10.6 Å². The highest BCUT2D eigenvalue weighted by Gasteiger charge is 2.17. The summed E-state index contributed by atoms with van der Waals surface area (Å²) in [4.78, 5) is 7.13. The Morgan fingerprint density at radius 3 is 2.48 bits per heavy atom. The molecule has 1 saturated heterocycles. The first-order valence-electron chi connectivity index (χ1n) is 7.23. The summed E-state index contributed by atoms with van der Waals surface area (Å²) >= 11 is 3.50. The predicted octanol–water partition coefficient (Wildman–Crippen LogP) is 1.42. The van der Waals surface area contributed by atoms with Crippen molar-refractivity contribution in [3.8, 4) is 0 Å². The van der Waals surface area contributed by atoms with Gasteiger partial charge in [0.1, 0.15) is 5.84 Å². The minimum absolute atomic E-state index is 0.0990. The highest BCUT2D eigenvalue weighted by molar-refractivity contribution is 9.10. The number of nitrogen functional groups attached to an aromatic ring is 1. The summed E-state index contributed by atoms with van der Waals surface area (Å²) in [7, 11) is 4.23. The van der Waals surface area contributed by atoms with Crippen molar-refractivity contribution in [2.75, 3.05) is 58.3 Å². The van der Waals surface area contributed by atoms with Crippen LogP contribution in [0, 0.1) is 5.41 Å². The third-order valence-corrected chi connectivity index (χ3v) is 4.50. The lowest BCUT2D eigenvalue weighted by atomic mass is 10.1.